The highest BCUT2D eigenvalue weighted by Crippen LogP contribution is 2.37. The second-order valence-electron chi connectivity index (χ2n) is 11.9. The molecule has 43 heavy (non-hydrogen) atoms. The van der Waals surface area contributed by atoms with Gasteiger partial charge in [-0.1, -0.05) is 60.2 Å². The molecule has 0 radical (unpaired) electrons. The van der Waals surface area contributed by atoms with Crippen molar-refractivity contribution in [2.45, 2.75) is 36.3 Å². The first-order valence-corrected chi connectivity index (χ1v) is 16.6. The summed E-state index contributed by atoms with van der Waals surface area (Å²) in [6, 6.07) is 32.0. The van der Waals surface area contributed by atoms with Gasteiger partial charge < -0.3 is 14.7 Å². The van der Waals surface area contributed by atoms with E-state index in [1.54, 1.807) is 12.1 Å². The van der Waals surface area contributed by atoms with E-state index >= 15 is 0 Å². The quantitative estimate of drug-likeness (QED) is 0.198. The highest BCUT2D eigenvalue weighted by molar-refractivity contribution is 7.91. The Morgan fingerprint density at radius 2 is 1.16 bits per heavy atom. The van der Waals surface area contributed by atoms with Crippen LogP contribution in [0.4, 0.5) is 17.1 Å². The van der Waals surface area contributed by atoms with Gasteiger partial charge in [-0.3, -0.25) is 0 Å². The van der Waals surface area contributed by atoms with Gasteiger partial charge in [-0.25, -0.2) is 8.42 Å². The van der Waals surface area contributed by atoms with Crippen LogP contribution < -0.4 is 14.7 Å². The zero-order chi connectivity index (χ0) is 30.6. The van der Waals surface area contributed by atoms with Crippen LogP contribution in [0.1, 0.15) is 46.8 Å². The second-order valence-corrected chi connectivity index (χ2v) is 14.0. The summed E-state index contributed by atoms with van der Waals surface area (Å²) in [7, 11) is 4.30. The molecule has 0 spiro atoms. The first-order chi connectivity index (χ1) is 20.6. The fourth-order valence-electron chi connectivity index (χ4n) is 5.66. The molecule has 1 heterocycles. The van der Waals surface area contributed by atoms with E-state index in [2.05, 4.69) is 75.4 Å². The predicted octanol–water partition coefficient (Wildman–Crippen LogP) is 7.76. The average molecular weight is 594 g/mol. The largest absolute Gasteiger partial charge is 0.378 e. The van der Waals surface area contributed by atoms with Crippen molar-refractivity contribution in [3.8, 4) is 0 Å². The number of benzene rings is 4. The van der Waals surface area contributed by atoms with Gasteiger partial charge in [0.1, 0.15) is 5.25 Å². The molecule has 0 aliphatic carbocycles. The third-order valence-electron chi connectivity index (χ3n) is 8.33. The lowest BCUT2D eigenvalue weighted by molar-refractivity contribution is 0.578. The molecule has 1 unspecified atom stereocenters. The van der Waals surface area contributed by atoms with Crippen molar-refractivity contribution < 1.29 is 8.42 Å². The van der Waals surface area contributed by atoms with Crippen LogP contribution in [0.25, 0.3) is 5.57 Å². The van der Waals surface area contributed by atoms with E-state index in [1.807, 2.05) is 65.5 Å². The molecule has 1 saturated heterocycles. The maximum absolute atomic E-state index is 14.4. The Hall–Kier alpha value is -4.03. The minimum atomic E-state index is -3.77. The van der Waals surface area contributed by atoms with Gasteiger partial charge in [-0.2, -0.15) is 0 Å². The fraction of sp³-hybridized carbons (Fsp3) is 0.297. The maximum Gasteiger partial charge on any atom is 0.188 e. The standard InChI is InChI=1S/C37H43N3O2S/c1-28-9-23-35(24-10-28)43(41,42)37(31-15-21-34(22-16-31)40-25-7-6-8-26-40)27-36(29-11-17-32(18-12-29)38(2)3)30-13-19-33(20-14-30)39(4)5/h9-24,27,37H,6-8,25-26H2,1-5H3. The summed E-state index contributed by atoms with van der Waals surface area (Å²) in [5.74, 6) is 0. The van der Waals surface area contributed by atoms with Crippen LogP contribution in [0, 0.1) is 6.92 Å². The van der Waals surface area contributed by atoms with E-state index in [4.69, 9.17) is 0 Å². The Bertz CT molecular complexity index is 1580. The average Bonchev–Trinajstić information content (AvgIpc) is 3.02. The van der Waals surface area contributed by atoms with Crippen LogP contribution in [-0.4, -0.2) is 49.7 Å². The fourth-order valence-corrected chi connectivity index (χ4v) is 7.29. The molecule has 4 aromatic rings. The molecule has 5 rings (SSSR count). The number of aryl methyl sites for hydroxylation is 1. The van der Waals surface area contributed by atoms with E-state index in [0.29, 0.717) is 4.90 Å². The van der Waals surface area contributed by atoms with Crippen molar-refractivity contribution in [3.63, 3.8) is 0 Å². The summed E-state index contributed by atoms with van der Waals surface area (Å²) in [4.78, 5) is 6.85. The molecule has 6 heteroatoms. The lowest BCUT2D eigenvalue weighted by atomic mass is 9.95. The van der Waals surface area contributed by atoms with Gasteiger partial charge in [0.2, 0.25) is 0 Å². The number of rotatable bonds is 9. The van der Waals surface area contributed by atoms with Gasteiger partial charge in [0.25, 0.3) is 0 Å². The molecule has 4 aromatic carbocycles. The molecule has 0 saturated carbocycles. The normalized spacial score (nSPS) is 14.2. The van der Waals surface area contributed by atoms with E-state index in [9.17, 15) is 8.42 Å². The monoisotopic (exact) mass is 593 g/mol. The molecule has 0 bridgehead atoms. The van der Waals surface area contributed by atoms with Crippen LogP contribution >= 0.6 is 0 Å². The van der Waals surface area contributed by atoms with Crippen molar-refractivity contribution in [2.75, 3.05) is 56.0 Å². The molecule has 0 N–H and O–H groups in total. The topological polar surface area (TPSA) is 43.9 Å². The molecular weight excluding hydrogens is 550 g/mol. The summed E-state index contributed by atoms with van der Waals surface area (Å²) in [5.41, 5.74) is 7.93. The van der Waals surface area contributed by atoms with Crippen molar-refractivity contribution in [2.24, 2.45) is 0 Å². The molecular formula is C37H43N3O2S. The van der Waals surface area contributed by atoms with Gasteiger partial charge in [0.05, 0.1) is 4.90 Å². The Kier molecular flexibility index (Phi) is 9.26. The van der Waals surface area contributed by atoms with Crippen LogP contribution in [0.2, 0.25) is 0 Å². The van der Waals surface area contributed by atoms with E-state index < -0.39 is 15.1 Å². The maximum atomic E-state index is 14.4. The highest BCUT2D eigenvalue weighted by atomic mass is 32.2. The SMILES string of the molecule is Cc1ccc(S(=O)(=O)C(C=C(c2ccc(N(C)C)cc2)c2ccc(N(C)C)cc2)c2ccc(N3CCCCC3)cc2)cc1. The molecule has 1 aliphatic heterocycles. The van der Waals surface area contributed by atoms with E-state index in [-0.39, 0.29) is 0 Å². The van der Waals surface area contributed by atoms with Crippen LogP contribution in [0.3, 0.4) is 0 Å². The molecule has 1 fully saturated rings. The number of hydrogen-bond acceptors (Lipinski definition) is 5. The smallest absolute Gasteiger partial charge is 0.188 e. The first-order valence-electron chi connectivity index (χ1n) is 15.1. The van der Waals surface area contributed by atoms with Gasteiger partial charge in [0, 0.05) is 58.3 Å². The molecule has 224 valence electrons. The zero-order valence-corrected chi connectivity index (χ0v) is 26.8. The number of anilines is 3. The third kappa shape index (κ3) is 6.97. The van der Waals surface area contributed by atoms with Crippen LogP contribution in [0.5, 0.6) is 0 Å². The Labute approximate surface area is 258 Å². The minimum Gasteiger partial charge on any atom is -0.378 e. The van der Waals surface area contributed by atoms with Gasteiger partial charge in [-0.05, 0) is 97.0 Å². The van der Waals surface area contributed by atoms with E-state index in [0.717, 1.165) is 58.0 Å². The minimum absolute atomic E-state index is 0.324. The molecule has 1 atom stereocenters. The Morgan fingerprint density at radius 3 is 1.63 bits per heavy atom. The molecule has 5 nitrogen and oxygen atoms in total. The summed E-state index contributed by atoms with van der Waals surface area (Å²) in [5, 5.41) is -0.873. The number of sulfone groups is 1. The number of nitrogens with zero attached hydrogens (tertiary/aromatic N) is 3. The number of piperidine rings is 1. The predicted molar refractivity (Wildman–Crippen MR) is 182 cm³/mol. The van der Waals surface area contributed by atoms with Crippen molar-refractivity contribution in [3.05, 3.63) is 125 Å². The Morgan fingerprint density at radius 1 is 0.674 bits per heavy atom. The second kappa shape index (κ2) is 13.1. The van der Waals surface area contributed by atoms with Crippen molar-refractivity contribution in [1.82, 2.24) is 0 Å². The molecule has 0 amide bonds. The van der Waals surface area contributed by atoms with Crippen molar-refractivity contribution >= 4 is 32.5 Å². The Balaban J connectivity index is 1.67. The molecule has 0 aromatic heterocycles. The lowest BCUT2D eigenvalue weighted by Crippen LogP contribution is -2.29. The lowest BCUT2D eigenvalue weighted by Gasteiger charge is -2.29. The van der Waals surface area contributed by atoms with Crippen LogP contribution in [-0.2, 0) is 9.84 Å². The zero-order valence-electron chi connectivity index (χ0n) is 26.0. The third-order valence-corrected chi connectivity index (χ3v) is 10.3. The number of hydrogen-bond donors (Lipinski definition) is 0. The van der Waals surface area contributed by atoms with E-state index in [1.165, 1.54) is 19.3 Å². The highest BCUT2D eigenvalue weighted by Gasteiger charge is 2.29. The van der Waals surface area contributed by atoms with Gasteiger partial charge >= 0.3 is 0 Å². The summed E-state index contributed by atoms with van der Waals surface area (Å²) in [6.07, 6.45) is 5.60. The summed E-state index contributed by atoms with van der Waals surface area (Å²) in [6.45, 7) is 4.06. The van der Waals surface area contributed by atoms with Gasteiger partial charge in [0.15, 0.2) is 9.84 Å². The summed E-state index contributed by atoms with van der Waals surface area (Å²) >= 11 is 0. The summed E-state index contributed by atoms with van der Waals surface area (Å²) < 4.78 is 28.9. The van der Waals surface area contributed by atoms with Crippen LogP contribution in [0.15, 0.2) is 108 Å². The van der Waals surface area contributed by atoms with Gasteiger partial charge in [-0.15, -0.1) is 0 Å². The first kappa shape index (κ1) is 30.4. The molecule has 1 aliphatic rings. The van der Waals surface area contributed by atoms with Crippen molar-refractivity contribution in [1.29, 1.82) is 0 Å².